The Kier molecular flexibility index (Phi) is 5.86. The maximum Gasteiger partial charge on any atom is 0.221 e. The second-order valence-electron chi connectivity index (χ2n) is 1.38. The van der Waals surface area contributed by atoms with Crippen molar-refractivity contribution < 1.29 is 9.47 Å². The molecule has 4 heteroatoms. The van der Waals surface area contributed by atoms with E-state index >= 15 is 0 Å². The van der Waals surface area contributed by atoms with Crippen LogP contribution in [0.1, 0.15) is 0 Å². The van der Waals surface area contributed by atoms with E-state index in [1.165, 1.54) is 0 Å². The molecule has 0 saturated heterocycles. The predicted octanol–water partition coefficient (Wildman–Crippen LogP) is 0.588. The first-order valence-electron chi connectivity index (χ1n) is 2.29. The number of hydrogen-bond donors (Lipinski definition) is 0. The highest BCUT2D eigenvalue weighted by Gasteiger charge is 2.04. The molecule has 0 spiro atoms. The molecule has 8 heavy (non-hydrogen) atoms. The average molecular weight is 154 g/mol. The Morgan fingerprint density at radius 3 is 1.88 bits per heavy atom. The van der Waals surface area contributed by atoms with Crippen molar-refractivity contribution in [3.63, 3.8) is 0 Å². The molecular weight excluding hydrogens is 144 g/mol. The van der Waals surface area contributed by atoms with E-state index in [2.05, 4.69) is 0 Å². The van der Waals surface area contributed by atoms with Gasteiger partial charge in [-0.1, -0.05) is 0 Å². The summed E-state index contributed by atoms with van der Waals surface area (Å²) in [5, 5.41) is 0. The molecule has 0 unspecified atom stereocenters. The Morgan fingerprint density at radius 2 is 1.62 bits per heavy atom. The fraction of sp³-hybridized carbons (Fsp3) is 1.00. The zero-order valence-corrected chi connectivity index (χ0v) is 6.86. The Morgan fingerprint density at radius 1 is 1.25 bits per heavy atom. The largest absolute Gasteiger partial charge is 0.387 e. The summed E-state index contributed by atoms with van der Waals surface area (Å²) in [4.78, 5) is 0. The van der Waals surface area contributed by atoms with Gasteiger partial charge in [-0.3, -0.25) is 0 Å². The topological polar surface area (TPSA) is 18.5 Å². The summed E-state index contributed by atoms with van der Waals surface area (Å²) in [7, 11) is 2.42. The van der Waals surface area contributed by atoms with Crippen LogP contribution < -0.4 is 0 Å². The van der Waals surface area contributed by atoms with Gasteiger partial charge in [0.25, 0.3) is 0 Å². The normalized spacial score (nSPS) is 10.5. The van der Waals surface area contributed by atoms with Crippen LogP contribution in [-0.4, -0.2) is 34.8 Å². The lowest BCUT2D eigenvalue weighted by Gasteiger charge is -2.01. The number of rotatable bonds is 4. The fourth-order valence-electron chi connectivity index (χ4n) is 0.355. The molecule has 0 N–H and O–H groups in total. The maximum absolute atomic E-state index is 5.73. The first kappa shape index (κ1) is 8.43. The van der Waals surface area contributed by atoms with Crippen LogP contribution in [0.4, 0.5) is 0 Å². The lowest BCUT2D eigenvalue weighted by atomic mass is 11.5. The summed E-state index contributed by atoms with van der Waals surface area (Å²) in [6, 6.07) is 0. The van der Waals surface area contributed by atoms with Crippen LogP contribution in [0, 0.1) is 0 Å². The van der Waals surface area contributed by atoms with E-state index in [9.17, 15) is 0 Å². The van der Waals surface area contributed by atoms with E-state index in [0.29, 0.717) is 12.5 Å². The molecule has 0 atom stereocenters. The number of halogens is 1. The third-order valence-electron chi connectivity index (χ3n) is 0.602. The summed E-state index contributed by atoms with van der Waals surface area (Å²) in [5.41, 5.74) is 0. The summed E-state index contributed by atoms with van der Waals surface area (Å²) in [5.74, 6) is 0. The molecule has 1 radical (unpaired) electrons. The van der Waals surface area contributed by atoms with Crippen molar-refractivity contribution in [2.45, 2.75) is 0 Å². The van der Waals surface area contributed by atoms with Crippen molar-refractivity contribution in [3.8, 4) is 0 Å². The van der Waals surface area contributed by atoms with Crippen LogP contribution in [0.15, 0.2) is 0 Å². The molecule has 49 valence electrons. The zero-order valence-electron chi connectivity index (χ0n) is 5.11. The highest BCUT2D eigenvalue weighted by molar-refractivity contribution is 7.06. The lowest BCUT2D eigenvalue weighted by molar-refractivity contribution is 0.226. The second-order valence-corrected chi connectivity index (χ2v) is 4.60. The maximum atomic E-state index is 5.73. The van der Waals surface area contributed by atoms with Gasteiger partial charge in [-0.25, -0.2) is 0 Å². The molecule has 0 amide bonds. The third kappa shape index (κ3) is 4.58. The zero-order chi connectivity index (χ0) is 6.41. The van der Waals surface area contributed by atoms with Crippen LogP contribution in [0.3, 0.4) is 0 Å². The summed E-state index contributed by atoms with van der Waals surface area (Å²) >= 11 is 5.73. The molecule has 0 aliphatic rings. The number of ether oxygens (including phenoxy) is 2. The first-order chi connectivity index (χ1) is 3.81. The van der Waals surface area contributed by atoms with Gasteiger partial charge in [0.15, 0.2) is 0 Å². The molecule has 0 aliphatic carbocycles. The van der Waals surface area contributed by atoms with Gasteiger partial charge in [0.05, 0.1) is 12.5 Å². The van der Waals surface area contributed by atoms with Crippen molar-refractivity contribution in [3.05, 3.63) is 0 Å². The minimum atomic E-state index is -0.864. The van der Waals surface area contributed by atoms with Gasteiger partial charge in [0.2, 0.25) is 8.11 Å². The van der Waals surface area contributed by atoms with E-state index in [0.717, 1.165) is 0 Å². The van der Waals surface area contributed by atoms with Gasteiger partial charge in [-0.2, -0.15) is 11.1 Å². The van der Waals surface area contributed by atoms with Gasteiger partial charge in [-0.05, 0) is 0 Å². The summed E-state index contributed by atoms with van der Waals surface area (Å²) in [6.07, 6.45) is 1.31. The molecule has 0 aromatic carbocycles. The minimum Gasteiger partial charge on any atom is -0.387 e. The first-order valence-corrected chi connectivity index (χ1v) is 5.22. The van der Waals surface area contributed by atoms with Crippen LogP contribution >= 0.6 is 11.1 Å². The van der Waals surface area contributed by atoms with Crippen LogP contribution in [0.25, 0.3) is 0 Å². The average Bonchev–Trinajstić information content (AvgIpc) is 1.68. The Bertz CT molecular complexity index is 47.3. The molecule has 0 heterocycles. The molecule has 2 nitrogen and oxygen atoms in total. The Hall–Kier alpha value is 0.427. The van der Waals surface area contributed by atoms with Crippen LogP contribution in [-0.2, 0) is 9.47 Å². The molecule has 0 rings (SSSR count). The van der Waals surface area contributed by atoms with Crippen LogP contribution in [0.5, 0.6) is 0 Å². The van der Waals surface area contributed by atoms with E-state index in [1.807, 2.05) is 0 Å². The lowest BCUT2D eigenvalue weighted by Crippen LogP contribution is -2.19. The third-order valence-corrected chi connectivity index (χ3v) is 2.46. The van der Waals surface area contributed by atoms with Gasteiger partial charge in [0.1, 0.15) is 0 Å². The Labute approximate surface area is 56.0 Å². The van der Waals surface area contributed by atoms with Gasteiger partial charge < -0.3 is 9.47 Å². The molecular formula is C4H10ClO2Si. The van der Waals surface area contributed by atoms with E-state index in [4.69, 9.17) is 20.6 Å². The quantitative estimate of drug-likeness (QED) is 0.435. The summed E-state index contributed by atoms with van der Waals surface area (Å²) < 4.78 is 9.58. The molecule has 0 aliphatic heterocycles. The molecule has 0 aromatic heterocycles. The smallest absolute Gasteiger partial charge is 0.221 e. The van der Waals surface area contributed by atoms with Gasteiger partial charge in [-0.15, -0.1) is 0 Å². The van der Waals surface area contributed by atoms with Gasteiger partial charge in [0, 0.05) is 14.2 Å². The highest BCUT2D eigenvalue weighted by atomic mass is 35.6. The predicted molar refractivity (Wildman–Crippen MR) is 35.4 cm³/mol. The van der Waals surface area contributed by atoms with Crippen molar-refractivity contribution in [1.82, 2.24) is 0 Å². The monoisotopic (exact) mass is 153 g/mol. The van der Waals surface area contributed by atoms with Crippen LogP contribution in [0.2, 0.25) is 0 Å². The van der Waals surface area contributed by atoms with Gasteiger partial charge >= 0.3 is 0 Å². The standard InChI is InChI=1S/C4H10ClO2Si/c1-6-3-8(5)4-7-2/h3-4H2,1-2H3. The second kappa shape index (κ2) is 5.56. The molecule has 0 bridgehead atoms. The van der Waals surface area contributed by atoms with Crippen molar-refractivity contribution >= 4 is 19.2 Å². The van der Waals surface area contributed by atoms with E-state index in [1.54, 1.807) is 14.2 Å². The SMILES string of the molecule is COC[Si](Cl)COC. The number of methoxy groups -OCH3 is 2. The Balaban J connectivity index is 2.92. The van der Waals surface area contributed by atoms with E-state index in [-0.39, 0.29) is 0 Å². The highest BCUT2D eigenvalue weighted by Crippen LogP contribution is 1.89. The van der Waals surface area contributed by atoms with E-state index < -0.39 is 8.11 Å². The van der Waals surface area contributed by atoms with Crippen molar-refractivity contribution in [2.75, 3.05) is 26.7 Å². The minimum absolute atomic E-state index is 0.653. The summed E-state index contributed by atoms with van der Waals surface area (Å²) in [6.45, 7) is 0. The van der Waals surface area contributed by atoms with Crippen molar-refractivity contribution in [1.29, 1.82) is 0 Å². The molecule has 0 saturated carbocycles. The molecule has 0 aromatic rings. The number of hydrogen-bond acceptors (Lipinski definition) is 2. The fourth-order valence-corrected chi connectivity index (χ4v) is 1.72. The molecule has 0 fully saturated rings. The van der Waals surface area contributed by atoms with Crippen molar-refractivity contribution in [2.24, 2.45) is 0 Å².